The number of furan rings is 1. The van der Waals surface area contributed by atoms with Gasteiger partial charge in [0.05, 0.1) is 12.1 Å². The molecule has 1 amide bonds. The molecule has 1 heterocycles. The maximum absolute atomic E-state index is 12.1. The normalized spacial score (nSPS) is 13.8. The van der Waals surface area contributed by atoms with Gasteiger partial charge in [0.1, 0.15) is 11.5 Å². The van der Waals surface area contributed by atoms with E-state index in [2.05, 4.69) is 10.6 Å². The molecule has 0 spiro atoms. The van der Waals surface area contributed by atoms with Crippen LogP contribution in [-0.2, 0) is 4.79 Å². The molecule has 1 aromatic carbocycles. The van der Waals surface area contributed by atoms with Crippen LogP contribution < -0.4 is 10.6 Å². The number of hydrogen-bond donors (Lipinski definition) is 2. The Hall–Kier alpha value is -2.07. The van der Waals surface area contributed by atoms with Crippen molar-refractivity contribution in [1.29, 1.82) is 0 Å². The lowest BCUT2D eigenvalue weighted by Gasteiger charge is -2.18. The van der Waals surface area contributed by atoms with E-state index < -0.39 is 0 Å². The van der Waals surface area contributed by atoms with E-state index >= 15 is 0 Å². The van der Waals surface area contributed by atoms with Crippen molar-refractivity contribution in [3.05, 3.63) is 54.0 Å². The highest BCUT2D eigenvalue weighted by molar-refractivity contribution is 5.94. The van der Waals surface area contributed by atoms with Crippen LogP contribution in [0.25, 0.3) is 0 Å². The summed E-state index contributed by atoms with van der Waals surface area (Å²) in [7, 11) is 0. The van der Waals surface area contributed by atoms with Gasteiger partial charge >= 0.3 is 0 Å². The third kappa shape index (κ3) is 3.71. The zero-order chi connectivity index (χ0) is 14.5. The minimum Gasteiger partial charge on any atom is -0.465 e. The Balaban J connectivity index is 1.91. The number of rotatable bonds is 5. The van der Waals surface area contributed by atoms with Crippen molar-refractivity contribution in [2.45, 2.75) is 32.9 Å². The van der Waals surface area contributed by atoms with E-state index in [4.69, 9.17) is 4.42 Å². The first-order valence-electron chi connectivity index (χ1n) is 6.74. The number of amides is 1. The topological polar surface area (TPSA) is 54.3 Å². The molecule has 0 saturated heterocycles. The van der Waals surface area contributed by atoms with Gasteiger partial charge in [-0.05, 0) is 45.0 Å². The number of hydrogen-bond acceptors (Lipinski definition) is 3. The van der Waals surface area contributed by atoms with E-state index in [1.54, 1.807) is 0 Å². The summed E-state index contributed by atoms with van der Waals surface area (Å²) in [4.78, 5) is 12.1. The standard InChI is InChI=1S/C16H20N2O2/c1-11-9-10-15(20-11)12(2)17-13(3)16(19)18-14-7-5-4-6-8-14/h4-10,12-13,17H,1-3H3,(H,18,19). The van der Waals surface area contributed by atoms with Crippen LogP contribution in [0.1, 0.15) is 31.4 Å². The predicted molar refractivity (Wildman–Crippen MR) is 79.5 cm³/mol. The number of nitrogens with one attached hydrogen (secondary N) is 2. The summed E-state index contributed by atoms with van der Waals surface area (Å²) in [6.07, 6.45) is 0. The SMILES string of the molecule is Cc1ccc(C(C)NC(C)C(=O)Nc2ccccc2)o1. The molecule has 4 nitrogen and oxygen atoms in total. The van der Waals surface area contributed by atoms with Gasteiger partial charge in [-0.2, -0.15) is 0 Å². The lowest BCUT2D eigenvalue weighted by atomic mass is 10.2. The Morgan fingerprint density at radius 2 is 1.80 bits per heavy atom. The zero-order valence-electron chi connectivity index (χ0n) is 12.0. The van der Waals surface area contributed by atoms with E-state index in [1.165, 1.54) is 0 Å². The van der Waals surface area contributed by atoms with Crippen LogP contribution >= 0.6 is 0 Å². The fraction of sp³-hybridized carbons (Fsp3) is 0.312. The van der Waals surface area contributed by atoms with Crippen molar-refractivity contribution in [2.24, 2.45) is 0 Å². The fourth-order valence-electron chi connectivity index (χ4n) is 1.99. The highest BCUT2D eigenvalue weighted by atomic mass is 16.3. The molecule has 2 rings (SSSR count). The lowest BCUT2D eigenvalue weighted by molar-refractivity contribution is -0.118. The maximum atomic E-state index is 12.1. The lowest BCUT2D eigenvalue weighted by Crippen LogP contribution is -2.39. The molecular formula is C16H20N2O2. The van der Waals surface area contributed by atoms with Gasteiger partial charge in [-0.3, -0.25) is 10.1 Å². The molecular weight excluding hydrogens is 252 g/mol. The second-order valence-electron chi connectivity index (χ2n) is 4.91. The van der Waals surface area contributed by atoms with Crippen LogP contribution in [0.3, 0.4) is 0 Å². The molecule has 0 radical (unpaired) electrons. The summed E-state index contributed by atoms with van der Waals surface area (Å²) in [5.41, 5.74) is 0.799. The monoisotopic (exact) mass is 272 g/mol. The molecule has 0 saturated carbocycles. The summed E-state index contributed by atoms with van der Waals surface area (Å²) in [6, 6.07) is 12.9. The first-order valence-corrected chi connectivity index (χ1v) is 6.74. The number of benzene rings is 1. The van der Waals surface area contributed by atoms with Crippen molar-refractivity contribution in [3.8, 4) is 0 Å². The molecule has 2 N–H and O–H groups in total. The molecule has 1 aromatic heterocycles. The van der Waals surface area contributed by atoms with Crippen molar-refractivity contribution >= 4 is 11.6 Å². The van der Waals surface area contributed by atoms with Crippen LogP contribution in [0.5, 0.6) is 0 Å². The first kappa shape index (κ1) is 14.3. The Bertz CT molecular complexity index is 563. The van der Waals surface area contributed by atoms with Gasteiger partial charge in [0.2, 0.25) is 5.91 Å². The first-order chi connectivity index (χ1) is 9.56. The van der Waals surface area contributed by atoms with Crippen LogP contribution in [-0.4, -0.2) is 11.9 Å². The summed E-state index contributed by atoms with van der Waals surface area (Å²) in [5, 5.41) is 6.10. The Labute approximate surface area is 119 Å². The fourth-order valence-corrected chi connectivity index (χ4v) is 1.99. The highest BCUT2D eigenvalue weighted by Crippen LogP contribution is 2.16. The van der Waals surface area contributed by atoms with Gasteiger partial charge in [0, 0.05) is 5.69 Å². The van der Waals surface area contributed by atoms with Gasteiger partial charge in [0.25, 0.3) is 0 Å². The largest absolute Gasteiger partial charge is 0.465 e. The Morgan fingerprint density at radius 3 is 2.40 bits per heavy atom. The van der Waals surface area contributed by atoms with E-state index in [-0.39, 0.29) is 18.0 Å². The zero-order valence-corrected chi connectivity index (χ0v) is 12.0. The van der Waals surface area contributed by atoms with Gasteiger partial charge in [-0.15, -0.1) is 0 Å². The van der Waals surface area contributed by atoms with Crippen molar-refractivity contribution < 1.29 is 9.21 Å². The number of aryl methyl sites for hydroxylation is 1. The van der Waals surface area contributed by atoms with E-state index in [0.717, 1.165) is 17.2 Å². The van der Waals surface area contributed by atoms with E-state index in [0.29, 0.717) is 0 Å². The van der Waals surface area contributed by atoms with Gasteiger partial charge < -0.3 is 9.73 Å². The van der Waals surface area contributed by atoms with Crippen LogP contribution in [0.4, 0.5) is 5.69 Å². The number of carbonyl (C=O) groups excluding carboxylic acids is 1. The molecule has 0 bridgehead atoms. The molecule has 106 valence electrons. The molecule has 2 aromatic rings. The minimum atomic E-state index is -0.310. The highest BCUT2D eigenvalue weighted by Gasteiger charge is 2.18. The molecule has 0 fully saturated rings. The average molecular weight is 272 g/mol. The maximum Gasteiger partial charge on any atom is 0.241 e. The second kappa shape index (κ2) is 6.39. The Morgan fingerprint density at radius 1 is 1.10 bits per heavy atom. The van der Waals surface area contributed by atoms with Crippen molar-refractivity contribution in [1.82, 2.24) is 5.32 Å². The third-order valence-electron chi connectivity index (χ3n) is 3.12. The quantitative estimate of drug-likeness (QED) is 0.878. The smallest absolute Gasteiger partial charge is 0.241 e. The molecule has 4 heteroatoms. The summed E-state index contributed by atoms with van der Waals surface area (Å²) >= 11 is 0. The second-order valence-corrected chi connectivity index (χ2v) is 4.91. The van der Waals surface area contributed by atoms with Crippen molar-refractivity contribution in [3.63, 3.8) is 0 Å². The average Bonchev–Trinajstić information content (AvgIpc) is 2.86. The van der Waals surface area contributed by atoms with Gasteiger partial charge in [-0.1, -0.05) is 18.2 Å². The molecule has 2 unspecified atom stereocenters. The molecule has 0 aliphatic rings. The van der Waals surface area contributed by atoms with Crippen LogP contribution in [0.15, 0.2) is 46.9 Å². The van der Waals surface area contributed by atoms with Crippen LogP contribution in [0, 0.1) is 6.92 Å². The van der Waals surface area contributed by atoms with Crippen molar-refractivity contribution in [2.75, 3.05) is 5.32 Å². The number of carbonyl (C=O) groups is 1. The molecule has 0 aliphatic heterocycles. The summed E-state index contributed by atoms with van der Waals surface area (Å²) < 4.78 is 5.55. The predicted octanol–water partition coefficient (Wildman–Crippen LogP) is 3.27. The molecule has 20 heavy (non-hydrogen) atoms. The van der Waals surface area contributed by atoms with E-state index in [9.17, 15) is 4.79 Å². The molecule has 0 aliphatic carbocycles. The van der Waals surface area contributed by atoms with E-state index in [1.807, 2.05) is 63.2 Å². The minimum absolute atomic E-state index is 0.0137. The number of anilines is 1. The molecule has 2 atom stereocenters. The van der Waals surface area contributed by atoms with Crippen LogP contribution in [0.2, 0.25) is 0 Å². The van der Waals surface area contributed by atoms with Gasteiger partial charge in [0.15, 0.2) is 0 Å². The third-order valence-corrected chi connectivity index (χ3v) is 3.12. The van der Waals surface area contributed by atoms with Gasteiger partial charge in [-0.25, -0.2) is 0 Å². The summed E-state index contributed by atoms with van der Waals surface area (Å²) in [6.45, 7) is 5.72. The Kier molecular flexibility index (Phi) is 4.58. The summed E-state index contributed by atoms with van der Waals surface area (Å²) in [5.74, 6) is 1.64. The number of para-hydroxylation sites is 1.